The van der Waals surface area contributed by atoms with E-state index in [0.717, 1.165) is 19.3 Å². The van der Waals surface area contributed by atoms with Crippen molar-refractivity contribution in [1.29, 1.82) is 0 Å². The third kappa shape index (κ3) is 11.8. The largest absolute Gasteiger partial charge is 0.481 e. The number of rotatable bonds is 12. The van der Waals surface area contributed by atoms with Gasteiger partial charge in [0.15, 0.2) is 0 Å². The highest BCUT2D eigenvalue weighted by atomic mass is 16.4. The molecule has 0 bridgehead atoms. The Kier molecular flexibility index (Phi) is 11.4. The molecule has 0 radical (unpaired) electrons. The van der Waals surface area contributed by atoms with E-state index in [0.29, 0.717) is 29.2 Å². The summed E-state index contributed by atoms with van der Waals surface area (Å²) in [5, 5.41) is 20.8. The second kappa shape index (κ2) is 12.1. The van der Waals surface area contributed by atoms with Crippen molar-refractivity contribution in [3.8, 4) is 0 Å². The summed E-state index contributed by atoms with van der Waals surface area (Å²) in [5.74, 6) is 0.613. The van der Waals surface area contributed by atoms with Crippen molar-refractivity contribution in [2.75, 3.05) is 6.54 Å². The van der Waals surface area contributed by atoms with Crippen molar-refractivity contribution in [3.63, 3.8) is 0 Å². The molecule has 0 rings (SSSR count). The van der Waals surface area contributed by atoms with Gasteiger partial charge in [0.05, 0.1) is 12.5 Å². The summed E-state index contributed by atoms with van der Waals surface area (Å²) < 4.78 is 0. The number of amides is 1. The first-order valence-electron chi connectivity index (χ1n) is 9.39. The van der Waals surface area contributed by atoms with E-state index >= 15 is 0 Å². The number of carbonyl (C=O) groups is 2. The van der Waals surface area contributed by atoms with Gasteiger partial charge in [-0.15, -0.1) is 0 Å². The topological polar surface area (TPSA) is 86.6 Å². The van der Waals surface area contributed by atoms with Crippen LogP contribution in [0.5, 0.6) is 0 Å². The van der Waals surface area contributed by atoms with Gasteiger partial charge in [-0.1, -0.05) is 33.8 Å². The number of nitrogens with one attached hydrogen (secondary N) is 1. The van der Waals surface area contributed by atoms with Crippen LogP contribution in [0.1, 0.15) is 67.2 Å². The average molecular weight is 356 g/mol. The highest BCUT2D eigenvalue weighted by Crippen LogP contribution is 2.26. The zero-order valence-electron chi connectivity index (χ0n) is 16.7. The number of carboxylic acids is 1. The fourth-order valence-electron chi connectivity index (χ4n) is 3.34. The number of hydrogen-bond acceptors (Lipinski definition) is 3. The van der Waals surface area contributed by atoms with Gasteiger partial charge in [0.25, 0.3) is 0 Å². The standard InChI is InChI=1S/C20H37NO4/c1-13(9-14(2)11-16(4)18(6)22)10-15(3)12-17(5)20(25)21-8-7-19(23)24/h12-16,18,22H,7-11H2,1-6H3,(H,21,25)(H,23,24)/b17-12+/t13-,14+,15+,16+,18+/m0/s1. The molecule has 146 valence electrons. The van der Waals surface area contributed by atoms with Crippen LogP contribution in [0.3, 0.4) is 0 Å². The van der Waals surface area contributed by atoms with Crippen LogP contribution in [0.2, 0.25) is 0 Å². The Labute approximate surface area is 152 Å². The SMILES string of the molecule is C/C(=C\[C@H](C)C[C@@H](C)C[C@@H](C)C[C@@H](C)[C@@H](C)O)C(=O)NCCC(=O)O. The summed E-state index contributed by atoms with van der Waals surface area (Å²) in [6.45, 7) is 12.4. The van der Waals surface area contributed by atoms with Gasteiger partial charge in [0, 0.05) is 12.1 Å². The molecule has 0 aromatic rings. The maximum atomic E-state index is 11.9. The minimum absolute atomic E-state index is 0.0611. The van der Waals surface area contributed by atoms with Gasteiger partial charge < -0.3 is 15.5 Å². The molecule has 0 unspecified atom stereocenters. The molecule has 0 aromatic carbocycles. The minimum Gasteiger partial charge on any atom is -0.481 e. The van der Waals surface area contributed by atoms with Crippen molar-refractivity contribution in [1.82, 2.24) is 5.32 Å². The van der Waals surface area contributed by atoms with E-state index < -0.39 is 5.97 Å². The van der Waals surface area contributed by atoms with Gasteiger partial charge >= 0.3 is 5.97 Å². The van der Waals surface area contributed by atoms with E-state index in [1.165, 1.54) is 0 Å². The second-order valence-electron chi connectivity index (χ2n) is 7.86. The maximum absolute atomic E-state index is 11.9. The highest BCUT2D eigenvalue weighted by molar-refractivity contribution is 5.92. The Hall–Kier alpha value is -1.36. The van der Waals surface area contributed by atoms with Crippen LogP contribution in [0.4, 0.5) is 0 Å². The Balaban J connectivity index is 4.30. The Morgan fingerprint density at radius 3 is 2.08 bits per heavy atom. The average Bonchev–Trinajstić information content (AvgIpc) is 2.45. The first kappa shape index (κ1) is 23.6. The van der Waals surface area contributed by atoms with Crippen LogP contribution in [0, 0.1) is 23.7 Å². The Morgan fingerprint density at radius 1 is 1.00 bits per heavy atom. The quantitative estimate of drug-likeness (QED) is 0.467. The van der Waals surface area contributed by atoms with Crippen LogP contribution in [-0.2, 0) is 9.59 Å². The van der Waals surface area contributed by atoms with Gasteiger partial charge in [-0.25, -0.2) is 0 Å². The Morgan fingerprint density at radius 2 is 1.56 bits per heavy atom. The lowest BCUT2D eigenvalue weighted by molar-refractivity contribution is -0.136. The molecule has 5 atom stereocenters. The summed E-state index contributed by atoms with van der Waals surface area (Å²) in [5.41, 5.74) is 0.640. The number of allylic oxidation sites excluding steroid dienone is 1. The van der Waals surface area contributed by atoms with Crippen molar-refractivity contribution in [2.45, 2.75) is 73.3 Å². The molecule has 1 amide bonds. The Bertz CT molecular complexity index is 445. The van der Waals surface area contributed by atoms with Gasteiger partial charge in [-0.3, -0.25) is 9.59 Å². The van der Waals surface area contributed by atoms with Crippen molar-refractivity contribution >= 4 is 11.9 Å². The van der Waals surface area contributed by atoms with Crippen LogP contribution in [0.15, 0.2) is 11.6 Å². The molecular formula is C20H37NO4. The van der Waals surface area contributed by atoms with Gasteiger partial charge in [-0.2, -0.15) is 0 Å². The third-order valence-electron chi connectivity index (χ3n) is 4.69. The van der Waals surface area contributed by atoms with Crippen LogP contribution < -0.4 is 5.32 Å². The second-order valence-corrected chi connectivity index (χ2v) is 7.86. The smallest absolute Gasteiger partial charge is 0.305 e. The van der Waals surface area contributed by atoms with Crippen LogP contribution in [-0.4, -0.2) is 34.7 Å². The number of aliphatic hydroxyl groups is 1. The molecule has 0 aromatic heterocycles. The monoisotopic (exact) mass is 355 g/mol. The predicted octanol–water partition coefficient (Wildman–Crippen LogP) is 3.62. The zero-order valence-corrected chi connectivity index (χ0v) is 16.7. The van der Waals surface area contributed by atoms with E-state index in [-0.39, 0.29) is 25.0 Å². The molecule has 0 spiro atoms. The predicted molar refractivity (Wildman–Crippen MR) is 101 cm³/mol. The zero-order chi connectivity index (χ0) is 19.6. The molecule has 5 heteroatoms. The lowest BCUT2D eigenvalue weighted by Crippen LogP contribution is -2.26. The molecule has 0 saturated heterocycles. The number of carboxylic acid groups (broad SMARTS) is 1. The summed E-state index contributed by atoms with van der Waals surface area (Å²) in [4.78, 5) is 22.4. The van der Waals surface area contributed by atoms with Gasteiger partial charge in [0.1, 0.15) is 0 Å². The van der Waals surface area contributed by atoms with Crippen molar-refractivity contribution in [2.24, 2.45) is 23.7 Å². The van der Waals surface area contributed by atoms with Gasteiger partial charge in [0.2, 0.25) is 5.91 Å². The number of hydrogen-bond donors (Lipinski definition) is 3. The summed E-state index contributed by atoms with van der Waals surface area (Å²) in [6.07, 6.45) is 4.79. The van der Waals surface area contributed by atoms with E-state index in [4.69, 9.17) is 5.11 Å². The van der Waals surface area contributed by atoms with Gasteiger partial charge in [-0.05, 0) is 56.8 Å². The van der Waals surface area contributed by atoms with Crippen molar-refractivity contribution < 1.29 is 19.8 Å². The number of carbonyl (C=O) groups excluding carboxylic acids is 1. The highest BCUT2D eigenvalue weighted by Gasteiger charge is 2.17. The number of aliphatic hydroxyl groups excluding tert-OH is 1. The molecule has 5 nitrogen and oxygen atoms in total. The van der Waals surface area contributed by atoms with E-state index in [1.54, 1.807) is 6.92 Å². The molecule has 0 aliphatic carbocycles. The maximum Gasteiger partial charge on any atom is 0.305 e. The van der Waals surface area contributed by atoms with Crippen LogP contribution >= 0.6 is 0 Å². The summed E-state index contributed by atoms with van der Waals surface area (Å²) >= 11 is 0. The molecule has 0 aliphatic heterocycles. The first-order chi connectivity index (χ1) is 11.5. The lowest BCUT2D eigenvalue weighted by atomic mass is 9.84. The molecule has 0 aliphatic rings. The third-order valence-corrected chi connectivity index (χ3v) is 4.69. The fraction of sp³-hybridized carbons (Fsp3) is 0.800. The molecule has 25 heavy (non-hydrogen) atoms. The summed E-state index contributed by atoms with van der Waals surface area (Å²) in [7, 11) is 0. The fourth-order valence-corrected chi connectivity index (χ4v) is 3.34. The molecule has 3 N–H and O–H groups in total. The van der Waals surface area contributed by atoms with E-state index in [1.807, 2.05) is 13.0 Å². The van der Waals surface area contributed by atoms with Crippen LogP contribution in [0.25, 0.3) is 0 Å². The summed E-state index contributed by atoms with van der Waals surface area (Å²) in [6, 6.07) is 0. The molecule has 0 heterocycles. The lowest BCUT2D eigenvalue weighted by Gasteiger charge is -2.23. The van der Waals surface area contributed by atoms with Crippen molar-refractivity contribution in [3.05, 3.63) is 11.6 Å². The normalized spacial score (nSPS) is 18.1. The molecular weight excluding hydrogens is 318 g/mol. The van der Waals surface area contributed by atoms with E-state index in [9.17, 15) is 14.7 Å². The molecule has 0 saturated carbocycles. The molecule has 0 fully saturated rings. The first-order valence-corrected chi connectivity index (χ1v) is 9.39. The van der Waals surface area contributed by atoms with E-state index in [2.05, 4.69) is 33.0 Å². The number of aliphatic carboxylic acids is 1. The minimum atomic E-state index is -0.914.